The molecule has 0 fully saturated rings. The lowest BCUT2D eigenvalue weighted by Gasteiger charge is -2.09. The van der Waals surface area contributed by atoms with Crippen molar-refractivity contribution in [2.45, 2.75) is 84.5 Å². The van der Waals surface area contributed by atoms with Crippen LogP contribution in [-0.2, 0) is 6.42 Å². The van der Waals surface area contributed by atoms with E-state index in [-0.39, 0.29) is 12.0 Å². The summed E-state index contributed by atoms with van der Waals surface area (Å²) < 4.78 is 41.5. The van der Waals surface area contributed by atoms with Gasteiger partial charge in [-0.2, -0.15) is 0 Å². The first kappa shape index (κ1) is 20.7. The average molecular weight is 342 g/mol. The largest absolute Gasteiger partial charge is 0.294 e. The third-order valence-electron chi connectivity index (χ3n) is 4.41. The van der Waals surface area contributed by atoms with Gasteiger partial charge >= 0.3 is 0 Å². The van der Waals surface area contributed by atoms with Gasteiger partial charge in [0, 0.05) is 5.56 Å². The number of hydrogen-bond acceptors (Lipinski definition) is 1. The van der Waals surface area contributed by atoms with Gasteiger partial charge in [-0.1, -0.05) is 64.7 Å². The topological polar surface area (TPSA) is 17.1 Å². The van der Waals surface area contributed by atoms with Crippen LogP contribution in [0.3, 0.4) is 0 Å². The summed E-state index contributed by atoms with van der Waals surface area (Å²) in [5, 5.41) is 0. The van der Waals surface area contributed by atoms with E-state index in [0.717, 1.165) is 32.3 Å². The summed E-state index contributed by atoms with van der Waals surface area (Å²) in [6.07, 6.45) is 11.4. The fourth-order valence-electron chi connectivity index (χ4n) is 2.91. The second-order valence-electron chi connectivity index (χ2n) is 6.50. The van der Waals surface area contributed by atoms with Crippen molar-refractivity contribution in [3.05, 3.63) is 34.6 Å². The van der Waals surface area contributed by atoms with Gasteiger partial charge in [-0.15, -0.1) is 0 Å². The van der Waals surface area contributed by atoms with Crippen molar-refractivity contribution in [1.29, 1.82) is 0 Å². The molecule has 0 amide bonds. The van der Waals surface area contributed by atoms with E-state index in [4.69, 9.17) is 0 Å². The van der Waals surface area contributed by atoms with E-state index in [0.29, 0.717) is 6.42 Å². The van der Waals surface area contributed by atoms with Crippen LogP contribution in [0.2, 0.25) is 0 Å². The Kier molecular flexibility index (Phi) is 9.73. The Morgan fingerprint density at radius 2 is 1.33 bits per heavy atom. The molecule has 24 heavy (non-hydrogen) atoms. The summed E-state index contributed by atoms with van der Waals surface area (Å²) in [4.78, 5) is 11.2. The van der Waals surface area contributed by atoms with Crippen molar-refractivity contribution in [3.8, 4) is 0 Å². The molecule has 1 aromatic rings. The molecule has 0 aliphatic heterocycles. The fraction of sp³-hybridized carbons (Fsp3) is 0.650. The number of carbonyl (C=O) groups is 1. The molecule has 0 aliphatic carbocycles. The van der Waals surface area contributed by atoms with Gasteiger partial charge in [-0.3, -0.25) is 4.79 Å². The molecule has 0 saturated carbocycles. The normalized spacial score (nSPS) is 11.0. The van der Waals surface area contributed by atoms with Gasteiger partial charge in [-0.25, -0.2) is 13.2 Å². The zero-order valence-corrected chi connectivity index (χ0v) is 14.9. The zero-order chi connectivity index (χ0) is 17.9. The molecule has 0 spiro atoms. The highest BCUT2D eigenvalue weighted by Gasteiger charge is 2.20. The molecule has 136 valence electrons. The van der Waals surface area contributed by atoms with Gasteiger partial charge in [0.25, 0.3) is 0 Å². The third-order valence-corrected chi connectivity index (χ3v) is 4.41. The molecule has 0 N–H and O–H groups in total. The lowest BCUT2D eigenvalue weighted by molar-refractivity contribution is 0.101. The minimum atomic E-state index is -1.23. The van der Waals surface area contributed by atoms with Crippen molar-refractivity contribution in [3.63, 3.8) is 0 Å². The zero-order valence-electron chi connectivity index (χ0n) is 14.9. The van der Waals surface area contributed by atoms with Gasteiger partial charge in [0.1, 0.15) is 5.82 Å². The maximum atomic E-state index is 13.9. The maximum absolute atomic E-state index is 13.9. The Morgan fingerprint density at radius 1 is 0.833 bits per heavy atom. The standard InChI is InChI=1S/C20H29F3O/c1-3-4-5-6-7-8-9-10-11-12-13-16-18(21)14-17(15(2)24)20(23)19(16)22/h14H,3-13H2,1-2H3. The summed E-state index contributed by atoms with van der Waals surface area (Å²) in [6, 6.07) is 0.812. The minimum absolute atomic E-state index is 0.170. The van der Waals surface area contributed by atoms with Crippen LogP contribution in [0, 0.1) is 17.5 Å². The fourth-order valence-corrected chi connectivity index (χ4v) is 2.91. The quantitative estimate of drug-likeness (QED) is 0.233. The van der Waals surface area contributed by atoms with Gasteiger partial charge < -0.3 is 0 Å². The van der Waals surface area contributed by atoms with Crippen LogP contribution in [-0.4, -0.2) is 5.78 Å². The predicted molar refractivity (Wildman–Crippen MR) is 91.9 cm³/mol. The first-order valence-corrected chi connectivity index (χ1v) is 9.16. The molecule has 1 rings (SSSR count). The first-order chi connectivity index (χ1) is 11.5. The maximum Gasteiger partial charge on any atom is 0.170 e. The van der Waals surface area contributed by atoms with Crippen molar-refractivity contribution in [2.75, 3.05) is 0 Å². The monoisotopic (exact) mass is 342 g/mol. The number of hydrogen-bond donors (Lipinski definition) is 0. The molecule has 0 aromatic heterocycles. The highest BCUT2D eigenvalue weighted by atomic mass is 19.2. The van der Waals surface area contributed by atoms with Crippen LogP contribution in [0.1, 0.15) is 94.0 Å². The van der Waals surface area contributed by atoms with Gasteiger partial charge in [0.2, 0.25) is 0 Å². The van der Waals surface area contributed by atoms with E-state index in [1.54, 1.807) is 0 Å². The molecule has 0 unspecified atom stereocenters. The highest BCUT2D eigenvalue weighted by molar-refractivity contribution is 5.94. The van der Waals surface area contributed by atoms with E-state index in [2.05, 4.69) is 6.92 Å². The second-order valence-corrected chi connectivity index (χ2v) is 6.50. The molecule has 0 atom stereocenters. The lowest BCUT2D eigenvalue weighted by atomic mass is 10.0. The molecule has 0 radical (unpaired) electrons. The summed E-state index contributed by atoms with van der Waals surface area (Å²) >= 11 is 0. The Bertz CT molecular complexity index is 526. The van der Waals surface area contributed by atoms with E-state index in [1.807, 2.05) is 0 Å². The summed E-state index contributed by atoms with van der Waals surface area (Å²) in [6.45, 7) is 3.30. The van der Waals surface area contributed by atoms with E-state index in [1.165, 1.54) is 38.5 Å². The average Bonchev–Trinajstić information content (AvgIpc) is 2.55. The molecule has 4 heteroatoms. The SMILES string of the molecule is CCCCCCCCCCCCc1c(F)cc(C(C)=O)c(F)c1F. The molecular formula is C20H29F3O. The van der Waals surface area contributed by atoms with Crippen LogP contribution in [0.15, 0.2) is 6.07 Å². The van der Waals surface area contributed by atoms with E-state index < -0.39 is 28.8 Å². The van der Waals surface area contributed by atoms with Crippen LogP contribution in [0.5, 0.6) is 0 Å². The summed E-state index contributed by atoms with van der Waals surface area (Å²) in [5.41, 5.74) is -0.756. The molecule has 0 saturated heterocycles. The van der Waals surface area contributed by atoms with Crippen LogP contribution in [0.25, 0.3) is 0 Å². The van der Waals surface area contributed by atoms with Gasteiger partial charge in [-0.05, 0) is 25.8 Å². The van der Waals surface area contributed by atoms with Crippen molar-refractivity contribution in [2.24, 2.45) is 0 Å². The molecule has 0 heterocycles. The first-order valence-electron chi connectivity index (χ1n) is 9.16. The van der Waals surface area contributed by atoms with Gasteiger partial charge in [0.05, 0.1) is 5.56 Å². The van der Waals surface area contributed by atoms with Crippen molar-refractivity contribution in [1.82, 2.24) is 0 Å². The smallest absolute Gasteiger partial charge is 0.170 e. The summed E-state index contributed by atoms with van der Waals surface area (Å²) in [7, 11) is 0. The molecular weight excluding hydrogens is 313 g/mol. The van der Waals surface area contributed by atoms with Crippen molar-refractivity contribution < 1.29 is 18.0 Å². The Morgan fingerprint density at radius 3 is 1.83 bits per heavy atom. The number of rotatable bonds is 12. The molecule has 0 bridgehead atoms. The Hall–Kier alpha value is -1.32. The number of carbonyl (C=O) groups excluding carboxylic acids is 1. The minimum Gasteiger partial charge on any atom is -0.294 e. The second kappa shape index (κ2) is 11.3. The van der Waals surface area contributed by atoms with Crippen LogP contribution in [0.4, 0.5) is 13.2 Å². The highest BCUT2D eigenvalue weighted by Crippen LogP contribution is 2.23. The van der Waals surface area contributed by atoms with E-state index in [9.17, 15) is 18.0 Å². The molecule has 0 aliphatic rings. The summed E-state index contributed by atoms with van der Waals surface area (Å²) in [5.74, 6) is -3.94. The number of ketones is 1. The Labute approximate surface area is 143 Å². The molecule has 1 nitrogen and oxygen atoms in total. The Balaban J connectivity index is 2.31. The van der Waals surface area contributed by atoms with Gasteiger partial charge in [0.15, 0.2) is 17.4 Å². The molecule has 1 aromatic carbocycles. The van der Waals surface area contributed by atoms with Crippen molar-refractivity contribution >= 4 is 5.78 Å². The third kappa shape index (κ3) is 6.66. The lowest BCUT2D eigenvalue weighted by Crippen LogP contribution is -2.07. The number of halogens is 3. The predicted octanol–water partition coefficient (Wildman–Crippen LogP) is 6.77. The number of benzene rings is 1. The van der Waals surface area contributed by atoms with E-state index >= 15 is 0 Å². The number of Topliss-reactive ketones (excluding diaryl/α,β-unsaturated/α-hetero) is 1. The number of unbranched alkanes of at least 4 members (excludes halogenated alkanes) is 9. The van der Waals surface area contributed by atoms with Crippen LogP contribution >= 0.6 is 0 Å². The van der Waals surface area contributed by atoms with Crippen LogP contribution < -0.4 is 0 Å².